The summed E-state index contributed by atoms with van der Waals surface area (Å²) in [5.41, 5.74) is 5.50. The number of pyridine rings is 1. The number of likely N-dealkylation sites (tertiary alicyclic amines) is 1. The van der Waals surface area contributed by atoms with Crippen molar-refractivity contribution in [2.24, 2.45) is 0 Å². The molecule has 1 unspecified atom stereocenters. The van der Waals surface area contributed by atoms with Crippen LogP contribution in [-0.4, -0.2) is 46.5 Å². The summed E-state index contributed by atoms with van der Waals surface area (Å²) < 4.78 is 5.54. The molecule has 1 saturated heterocycles. The van der Waals surface area contributed by atoms with Crippen molar-refractivity contribution in [1.29, 1.82) is 0 Å². The standard InChI is InChI=1S/C13H18N4O4/c1-2-21-10-4-3-5-16(8-10)13(18)11-6-9(17(19)20)7-15-12(11)14/h6-7,10H,2-5,8H2,1H3,(H2,14,15). The van der Waals surface area contributed by atoms with Crippen LogP contribution in [0.15, 0.2) is 12.3 Å². The Morgan fingerprint density at radius 1 is 1.67 bits per heavy atom. The summed E-state index contributed by atoms with van der Waals surface area (Å²) in [6, 6.07) is 1.18. The second-order valence-corrected chi connectivity index (χ2v) is 4.85. The first-order chi connectivity index (χ1) is 10.0. The molecule has 1 aliphatic rings. The van der Waals surface area contributed by atoms with E-state index in [9.17, 15) is 14.9 Å². The predicted octanol–water partition coefficient (Wildman–Crippen LogP) is 1.21. The van der Waals surface area contributed by atoms with Crippen molar-refractivity contribution in [1.82, 2.24) is 9.88 Å². The maximum Gasteiger partial charge on any atom is 0.288 e. The summed E-state index contributed by atoms with van der Waals surface area (Å²) in [5, 5.41) is 10.8. The normalized spacial score (nSPS) is 18.5. The molecule has 21 heavy (non-hydrogen) atoms. The molecule has 1 fully saturated rings. The van der Waals surface area contributed by atoms with Crippen LogP contribution in [-0.2, 0) is 4.74 Å². The number of nitrogen functional groups attached to an aromatic ring is 1. The highest BCUT2D eigenvalue weighted by Crippen LogP contribution is 2.21. The molecular formula is C13H18N4O4. The first-order valence-electron chi connectivity index (χ1n) is 6.83. The molecule has 0 aliphatic carbocycles. The highest BCUT2D eigenvalue weighted by Gasteiger charge is 2.27. The van der Waals surface area contributed by atoms with Gasteiger partial charge in [-0.2, -0.15) is 0 Å². The monoisotopic (exact) mass is 294 g/mol. The van der Waals surface area contributed by atoms with E-state index in [0.29, 0.717) is 19.7 Å². The average Bonchev–Trinajstić information content (AvgIpc) is 2.47. The lowest BCUT2D eigenvalue weighted by Crippen LogP contribution is -2.43. The van der Waals surface area contributed by atoms with Crippen molar-refractivity contribution in [2.45, 2.75) is 25.9 Å². The van der Waals surface area contributed by atoms with Gasteiger partial charge in [0.2, 0.25) is 0 Å². The van der Waals surface area contributed by atoms with Gasteiger partial charge in [0.05, 0.1) is 16.6 Å². The minimum absolute atomic E-state index is 0.000539. The van der Waals surface area contributed by atoms with Gasteiger partial charge in [0, 0.05) is 25.8 Å². The van der Waals surface area contributed by atoms with Gasteiger partial charge in [0.15, 0.2) is 0 Å². The summed E-state index contributed by atoms with van der Waals surface area (Å²) in [5.74, 6) is -0.336. The Bertz CT molecular complexity index is 547. The van der Waals surface area contributed by atoms with E-state index in [1.54, 1.807) is 4.90 Å². The van der Waals surface area contributed by atoms with Gasteiger partial charge in [0.1, 0.15) is 12.0 Å². The first kappa shape index (κ1) is 15.2. The van der Waals surface area contributed by atoms with Crippen LogP contribution in [0.5, 0.6) is 0 Å². The molecule has 0 bridgehead atoms. The lowest BCUT2D eigenvalue weighted by atomic mass is 10.1. The Balaban J connectivity index is 2.19. The Morgan fingerprint density at radius 2 is 2.43 bits per heavy atom. The number of anilines is 1. The second kappa shape index (κ2) is 6.49. The van der Waals surface area contributed by atoms with Gasteiger partial charge in [-0.15, -0.1) is 0 Å². The van der Waals surface area contributed by atoms with E-state index in [1.165, 1.54) is 6.07 Å². The van der Waals surface area contributed by atoms with Gasteiger partial charge in [-0.3, -0.25) is 14.9 Å². The fraction of sp³-hybridized carbons (Fsp3) is 0.538. The number of ether oxygens (including phenoxy) is 1. The minimum atomic E-state index is -0.595. The molecule has 0 saturated carbocycles. The maximum absolute atomic E-state index is 12.5. The van der Waals surface area contributed by atoms with Crippen molar-refractivity contribution in [3.05, 3.63) is 27.9 Å². The van der Waals surface area contributed by atoms with Crippen LogP contribution >= 0.6 is 0 Å². The molecule has 2 N–H and O–H groups in total. The lowest BCUT2D eigenvalue weighted by Gasteiger charge is -2.32. The average molecular weight is 294 g/mol. The van der Waals surface area contributed by atoms with Crippen molar-refractivity contribution >= 4 is 17.4 Å². The zero-order valence-electron chi connectivity index (χ0n) is 11.8. The van der Waals surface area contributed by atoms with Gasteiger partial charge >= 0.3 is 0 Å². The van der Waals surface area contributed by atoms with Crippen LogP contribution in [0.4, 0.5) is 11.5 Å². The maximum atomic E-state index is 12.5. The van der Waals surface area contributed by atoms with Crippen molar-refractivity contribution in [3.8, 4) is 0 Å². The molecule has 1 amide bonds. The molecular weight excluding hydrogens is 276 g/mol. The van der Waals surface area contributed by atoms with E-state index in [1.807, 2.05) is 6.92 Å². The third-order valence-electron chi connectivity index (χ3n) is 3.41. The fourth-order valence-corrected chi connectivity index (χ4v) is 2.40. The summed E-state index contributed by atoms with van der Waals surface area (Å²) in [7, 11) is 0. The molecule has 1 atom stereocenters. The van der Waals surface area contributed by atoms with Crippen LogP contribution in [0.2, 0.25) is 0 Å². The van der Waals surface area contributed by atoms with E-state index in [0.717, 1.165) is 19.0 Å². The van der Waals surface area contributed by atoms with Crippen molar-refractivity contribution in [2.75, 3.05) is 25.4 Å². The number of carbonyl (C=O) groups excluding carboxylic acids is 1. The number of carbonyl (C=O) groups is 1. The molecule has 0 radical (unpaired) electrons. The molecule has 1 aliphatic heterocycles. The van der Waals surface area contributed by atoms with Gasteiger partial charge < -0.3 is 15.4 Å². The Labute approximate surface area is 122 Å². The summed E-state index contributed by atoms with van der Waals surface area (Å²) in [6.45, 7) is 3.55. The molecule has 0 aromatic carbocycles. The molecule has 1 aromatic rings. The molecule has 8 nitrogen and oxygen atoms in total. The van der Waals surface area contributed by atoms with E-state index >= 15 is 0 Å². The number of amides is 1. The zero-order valence-corrected chi connectivity index (χ0v) is 11.8. The summed E-state index contributed by atoms with van der Waals surface area (Å²) in [6.07, 6.45) is 2.78. The molecule has 114 valence electrons. The third kappa shape index (κ3) is 3.46. The predicted molar refractivity (Wildman–Crippen MR) is 75.9 cm³/mol. The van der Waals surface area contributed by atoms with Crippen molar-refractivity contribution in [3.63, 3.8) is 0 Å². The van der Waals surface area contributed by atoms with Crippen LogP contribution in [0.1, 0.15) is 30.1 Å². The largest absolute Gasteiger partial charge is 0.383 e. The fourth-order valence-electron chi connectivity index (χ4n) is 2.40. The summed E-state index contributed by atoms with van der Waals surface area (Å²) >= 11 is 0. The minimum Gasteiger partial charge on any atom is -0.383 e. The highest BCUT2D eigenvalue weighted by molar-refractivity contribution is 5.99. The van der Waals surface area contributed by atoms with Gasteiger partial charge in [-0.05, 0) is 19.8 Å². The second-order valence-electron chi connectivity index (χ2n) is 4.85. The number of rotatable bonds is 4. The van der Waals surface area contributed by atoms with E-state index < -0.39 is 4.92 Å². The number of nitrogens with two attached hydrogens (primary N) is 1. The number of nitro groups is 1. The Hall–Kier alpha value is -2.22. The summed E-state index contributed by atoms with van der Waals surface area (Å²) in [4.78, 5) is 28.0. The van der Waals surface area contributed by atoms with Gasteiger partial charge in [-0.25, -0.2) is 4.98 Å². The number of aromatic nitrogens is 1. The lowest BCUT2D eigenvalue weighted by molar-refractivity contribution is -0.385. The first-order valence-corrected chi connectivity index (χ1v) is 6.83. The smallest absolute Gasteiger partial charge is 0.288 e. The SMILES string of the molecule is CCOC1CCCN(C(=O)c2cc([N+](=O)[O-])cnc2N)C1. The van der Waals surface area contributed by atoms with Gasteiger partial charge in [0.25, 0.3) is 11.6 Å². The molecule has 2 heterocycles. The number of piperidine rings is 1. The van der Waals surface area contributed by atoms with Crippen LogP contribution in [0.3, 0.4) is 0 Å². The van der Waals surface area contributed by atoms with Gasteiger partial charge in [-0.1, -0.05) is 0 Å². The topological polar surface area (TPSA) is 112 Å². The Kier molecular flexibility index (Phi) is 4.69. The Morgan fingerprint density at radius 3 is 3.10 bits per heavy atom. The van der Waals surface area contributed by atoms with Crippen LogP contribution < -0.4 is 5.73 Å². The highest BCUT2D eigenvalue weighted by atomic mass is 16.6. The van der Waals surface area contributed by atoms with Crippen molar-refractivity contribution < 1.29 is 14.5 Å². The van der Waals surface area contributed by atoms with E-state index in [2.05, 4.69) is 4.98 Å². The number of hydrogen-bond donors (Lipinski definition) is 1. The van der Waals surface area contributed by atoms with E-state index in [-0.39, 0.29) is 29.1 Å². The molecule has 8 heteroatoms. The van der Waals surface area contributed by atoms with E-state index in [4.69, 9.17) is 10.5 Å². The third-order valence-corrected chi connectivity index (χ3v) is 3.41. The molecule has 0 spiro atoms. The zero-order chi connectivity index (χ0) is 15.4. The molecule has 2 rings (SSSR count). The number of hydrogen-bond acceptors (Lipinski definition) is 6. The van der Waals surface area contributed by atoms with Crippen LogP contribution in [0.25, 0.3) is 0 Å². The molecule has 1 aromatic heterocycles. The number of nitrogens with zero attached hydrogens (tertiary/aromatic N) is 3. The van der Waals surface area contributed by atoms with Crippen LogP contribution in [0, 0.1) is 10.1 Å². The quantitative estimate of drug-likeness (QED) is 0.660.